The molecule has 0 radical (unpaired) electrons. The molecule has 0 unspecified atom stereocenters. The number of hydrogen-bond acceptors (Lipinski definition) is 2. The molecule has 1 N–H and O–H groups in total. The molecular weight excluding hydrogens is 267 g/mol. The van der Waals surface area contributed by atoms with Crippen LogP contribution < -0.4 is 0 Å². The number of rotatable bonds is 1. The van der Waals surface area contributed by atoms with Crippen molar-refractivity contribution in [1.29, 1.82) is 0 Å². The third-order valence-corrected chi connectivity index (χ3v) is 2.12. The van der Waals surface area contributed by atoms with E-state index in [0.29, 0.717) is 5.56 Å². The number of H-pyrrole nitrogens is 1. The molecule has 0 fully saturated rings. The first-order valence-corrected chi connectivity index (χ1v) is 4.48. The summed E-state index contributed by atoms with van der Waals surface area (Å²) in [6.45, 7) is 0. The first kappa shape index (κ1) is 7.72. The number of nitrogens with one attached hydrogen (secondary N) is 1. The Morgan fingerprint density at radius 2 is 2.33 bits per heavy atom. The molecule has 12 heavy (non-hydrogen) atoms. The minimum atomic E-state index is 0.669. The molecular formula is C8H5IN2O. The van der Waals surface area contributed by atoms with Crippen LogP contribution in [0, 0.1) is 3.83 Å². The van der Waals surface area contributed by atoms with Crippen molar-refractivity contribution in [3.8, 4) is 0 Å². The van der Waals surface area contributed by atoms with E-state index in [1.165, 1.54) is 0 Å². The molecule has 1 heterocycles. The molecule has 0 spiro atoms. The highest BCUT2D eigenvalue weighted by Gasteiger charge is 1.99. The number of benzene rings is 1. The van der Waals surface area contributed by atoms with E-state index >= 15 is 0 Å². The molecule has 0 saturated heterocycles. The smallest absolute Gasteiger partial charge is 0.169 e. The molecule has 0 aliphatic rings. The monoisotopic (exact) mass is 272 g/mol. The Morgan fingerprint density at radius 1 is 1.50 bits per heavy atom. The van der Waals surface area contributed by atoms with Gasteiger partial charge in [-0.15, -0.1) is 0 Å². The number of imidazole rings is 1. The second kappa shape index (κ2) is 2.85. The molecule has 0 amide bonds. The average Bonchev–Trinajstić information content (AvgIpc) is 2.43. The van der Waals surface area contributed by atoms with Crippen LogP contribution >= 0.6 is 22.6 Å². The minimum absolute atomic E-state index is 0.669. The van der Waals surface area contributed by atoms with E-state index in [2.05, 4.69) is 32.6 Å². The van der Waals surface area contributed by atoms with Crippen LogP contribution in [0.4, 0.5) is 0 Å². The number of fused-ring (bicyclic) bond motifs is 1. The summed E-state index contributed by atoms with van der Waals surface area (Å²) >= 11 is 2.10. The Labute approximate surface area is 82.3 Å². The second-order valence-electron chi connectivity index (χ2n) is 2.42. The van der Waals surface area contributed by atoms with Crippen molar-refractivity contribution in [3.05, 3.63) is 27.6 Å². The van der Waals surface area contributed by atoms with E-state index in [4.69, 9.17) is 0 Å². The lowest BCUT2D eigenvalue weighted by atomic mass is 10.2. The largest absolute Gasteiger partial charge is 0.333 e. The number of aromatic amines is 1. The minimum Gasteiger partial charge on any atom is -0.333 e. The van der Waals surface area contributed by atoms with Gasteiger partial charge >= 0.3 is 0 Å². The third kappa shape index (κ3) is 1.22. The second-order valence-corrected chi connectivity index (χ2v) is 3.44. The number of halogens is 1. The highest BCUT2D eigenvalue weighted by molar-refractivity contribution is 14.1. The quantitative estimate of drug-likeness (QED) is 0.637. The molecule has 4 heteroatoms. The van der Waals surface area contributed by atoms with Gasteiger partial charge in [0.25, 0.3) is 0 Å². The van der Waals surface area contributed by atoms with Gasteiger partial charge in [-0.2, -0.15) is 0 Å². The van der Waals surface area contributed by atoms with Gasteiger partial charge in [0.1, 0.15) is 6.29 Å². The molecule has 1 aromatic carbocycles. The highest BCUT2D eigenvalue weighted by Crippen LogP contribution is 2.13. The van der Waals surface area contributed by atoms with E-state index < -0.39 is 0 Å². The predicted molar refractivity (Wildman–Crippen MR) is 54.2 cm³/mol. The maximum Gasteiger partial charge on any atom is 0.169 e. The van der Waals surface area contributed by atoms with Gasteiger partial charge in [-0.05, 0) is 40.8 Å². The summed E-state index contributed by atoms with van der Waals surface area (Å²) in [5.41, 5.74) is 2.47. The van der Waals surface area contributed by atoms with Crippen molar-refractivity contribution in [2.45, 2.75) is 0 Å². The summed E-state index contributed by atoms with van der Waals surface area (Å²) in [5.74, 6) is 0. The Hall–Kier alpha value is -0.910. The van der Waals surface area contributed by atoms with Crippen molar-refractivity contribution in [3.63, 3.8) is 0 Å². The van der Waals surface area contributed by atoms with Gasteiger partial charge in [0.2, 0.25) is 0 Å². The summed E-state index contributed by atoms with van der Waals surface area (Å²) in [5, 5.41) is 0. The molecule has 0 bridgehead atoms. The maximum atomic E-state index is 10.4. The molecule has 3 nitrogen and oxygen atoms in total. The van der Waals surface area contributed by atoms with Crippen LogP contribution in [0.1, 0.15) is 10.4 Å². The summed E-state index contributed by atoms with van der Waals surface area (Å²) in [7, 11) is 0. The summed E-state index contributed by atoms with van der Waals surface area (Å²) < 4.78 is 0.839. The number of nitrogens with zero attached hydrogens (tertiary/aromatic N) is 1. The normalized spacial score (nSPS) is 10.4. The zero-order chi connectivity index (χ0) is 8.55. The molecule has 2 aromatic rings. The number of aromatic nitrogens is 2. The van der Waals surface area contributed by atoms with Crippen molar-refractivity contribution in [2.24, 2.45) is 0 Å². The van der Waals surface area contributed by atoms with Crippen LogP contribution in [0.25, 0.3) is 11.0 Å². The molecule has 60 valence electrons. The van der Waals surface area contributed by atoms with Crippen molar-refractivity contribution >= 4 is 39.9 Å². The number of hydrogen-bond donors (Lipinski definition) is 1. The lowest BCUT2D eigenvalue weighted by molar-refractivity contribution is 0.112. The molecule has 0 saturated carbocycles. The number of aldehydes is 1. The van der Waals surface area contributed by atoms with Crippen LogP contribution in [-0.2, 0) is 0 Å². The van der Waals surface area contributed by atoms with Crippen LogP contribution in [0.3, 0.4) is 0 Å². The molecule has 2 rings (SSSR count). The van der Waals surface area contributed by atoms with E-state index in [0.717, 1.165) is 21.2 Å². The lowest BCUT2D eigenvalue weighted by Crippen LogP contribution is -1.77. The molecule has 0 atom stereocenters. The highest BCUT2D eigenvalue weighted by atomic mass is 127. The summed E-state index contributed by atoms with van der Waals surface area (Å²) in [6.07, 6.45) is 0.827. The zero-order valence-corrected chi connectivity index (χ0v) is 8.20. The van der Waals surface area contributed by atoms with E-state index in [1.54, 1.807) is 12.1 Å². The zero-order valence-electron chi connectivity index (χ0n) is 6.04. The molecule has 0 aliphatic heterocycles. The predicted octanol–water partition coefficient (Wildman–Crippen LogP) is 1.98. The van der Waals surface area contributed by atoms with Crippen LogP contribution in [0.15, 0.2) is 18.2 Å². The van der Waals surface area contributed by atoms with Gasteiger partial charge in [0.05, 0.1) is 11.0 Å². The van der Waals surface area contributed by atoms with Gasteiger partial charge in [-0.3, -0.25) is 4.79 Å². The fraction of sp³-hybridized carbons (Fsp3) is 0. The van der Waals surface area contributed by atoms with Gasteiger partial charge in [-0.1, -0.05) is 0 Å². The Morgan fingerprint density at radius 3 is 3.08 bits per heavy atom. The SMILES string of the molecule is O=Cc1ccc2nc(I)[nH]c2c1. The fourth-order valence-electron chi connectivity index (χ4n) is 1.07. The standard InChI is InChI=1S/C8H5IN2O/c9-8-10-6-2-1-5(4-12)3-7(6)11-8/h1-4H,(H,10,11). The van der Waals surface area contributed by atoms with Crippen molar-refractivity contribution in [1.82, 2.24) is 9.97 Å². The topological polar surface area (TPSA) is 45.8 Å². The lowest BCUT2D eigenvalue weighted by Gasteiger charge is -1.88. The molecule has 0 aliphatic carbocycles. The Bertz CT molecular complexity index is 436. The van der Waals surface area contributed by atoms with Gasteiger partial charge in [0.15, 0.2) is 3.83 Å². The van der Waals surface area contributed by atoms with E-state index in [-0.39, 0.29) is 0 Å². The van der Waals surface area contributed by atoms with Crippen LogP contribution in [0.2, 0.25) is 0 Å². The first-order valence-electron chi connectivity index (χ1n) is 3.40. The molecule has 1 aromatic heterocycles. The first-order chi connectivity index (χ1) is 5.79. The van der Waals surface area contributed by atoms with Gasteiger partial charge < -0.3 is 4.98 Å². The Kier molecular flexibility index (Phi) is 1.84. The van der Waals surface area contributed by atoms with E-state index in [9.17, 15) is 4.79 Å². The van der Waals surface area contributed by atoms with Gasteiger partial charge in [-0.25, -0.2) is 4.98 Å². The number of carbonyl (C=O) groups excluding carboxylic acids is 1. The third-order valence-electron chi connectivity index (χ3n) is 1.61. The fourth-order valence-corrected chi connectivity index (χ4v) is 1.62. The van der Waals surface area contributed by atoms with Crippen LogP contribution in [0.5, 0.6) is 0 Å². The maximum absolute atomic E-state index is 10.4. The van der Waals surface area contributed by atoms with Crippen molar-refractivity contribution < 1.29 is 4.79 Å². The van der Waals surface area contributed by atoms with Crippen molar-refractivity contribution in [2.75, 3.05) is 0 Å². The Balaban J connectivity index is 2.74. The number of carbonyl (C=O) groups is 1. The van der Waals surface area contributed by atoms with Gasteiger partial charge in [0, 0.05) is 5.56 Å². The average molecular weight is 272 g/mol. The summed E-state index contributed by atoms with van der Waals surface area (Å²) in [6, 6.07) is 5.38. The van der Waals surface area contributed by atoms with E-state index in [1.807, 2.05) is 6.07 Å². The summed E-state index contributed by atoms with van der Waals surface area (Å²) in [4.78, 5) is 17.7. The van der Waals surface area contributed by atoms with Crippen LogP contribution in [-0.4, -0.2) is 16.3 Å².